The van der Waals surface area contributed by atoms with Crippen molar-refractivity contribution in [3.8, 4) is 0 Å². The van der Waals surface area contributed by atoms with Crippen LogP contribution in [0, 0.1) is 0 Å². The molecule has 1 atom stereocenters. The summed E-state index contributed by atoms with van der Waals surface area (Å²) in [5.74, 6) is -1.02. The number of carboxylic acid groups (broad SMARTS) is 1. The Morgan fingerprint density at radius 3 is 1.95 bits per heavy atom. The number of aliphatic carboxylic acids is 1. The molecule has 0 heterocycles. The van der Waals surface area contributed by atoms with Crippen molar-refractivity contribution in [2.75, 3.05) is 6.54 Å². The highest BCUT2D eigenvalue weighted by molar-refractivity contribution is 5.82. The highest BCUT2D eigenvalue weighted by Gasteiger charge is 2.40. The second-order valence-corrected chi connectivity index (χ2v) is 6.50. The van der Waals surface area contributed by atoms with Gasteiger partial charge in [-0.3, -0.25) is 4.79 Å². The summed E-state index contributed by atoms with van der Waals surface area (Å²) in [6.07, 6.45) is 1.33. The Balaban J connectivity index is 3.29. The monoisotopic (exact) mass is 291 g/mol. The summed E-state index contributed by atoms with van der Waals surface area (Å²) >= 11 is 0. The lowest BCUT2D eigenvalue weighted by Crippen LogP contribution is -2.49. The highest BCUT2D eigenvalue weighted by atomic mass is 16.4. The van der Waals surface area contributed by atoms with Crippen molar-refractivity contribution in [2.45, 2.75) is 52.0 Å². The number of rotatable bonds is 6. The molecule has 1 amide bonds. The first kappa shape index (κ1) is 17.2. The Labute approximate surface area is 126 Å². The Kier molecular flexibility index (Phi) is 5.15. The smallest absolute Gasteiger partial charge is 0.334 e. The van der Waals surface area contributed by atoms with Gasteiger partial charge in [-0.05, 0) is 29.9 Å². The summed E-state index contributed by atoms with van der Waals surface area (Å²) in [5.41, 5.74) is 0.413. The van der Waals surface area contributed by atoms with Crippen molar-refractivity contribution in [1.29, 1.82) is 0 Å². The van der Waals surface area contributed by atoms with E-state index in [0.717, 1.165) is 5.56 Å². The molecule has 0 saturated carbocycles. The van der Waals surface area contributed by atoms with E-state index >= 15 is 0 Å². The van der Waals surface area contributed by atoms with Crippen molar-refractivity contribution >= 4 is 12.4 Å². The van der Waals surface area contributed by atoms with Crippen molar-refractivity contribution in [3.05, 3.63) is 35.4 Å². The highest BCUT2D eigenvalue weighted by Crippen LogP contribution is 2.30. The fourth-order valence-corrected chi connectivity index (χ4v) is 2.33. The average molecular weight is 291 g/mol. The number of benzene rings is 1. The molecule has 4 heteroatoms. The van der Waals surface area contributed by atoms with Crippen LogP contribution in [0.15, 0.2) is 24.3 Å². The van der Waals surface area contributed by atoms with E-state index in [0.29, 0.717) is 24.9 Å². The molecule has 1 aromatic carbocycles. The summed E-state index contributed by atoms with van der Waals surface area (Å²) in [7, 11) is 0. The van der Waals surface area contributed by atoms with Crippen LogP contribution in [0.2, 0.25) is 0 Å². The van der Waals surface area contributed by atoms with E-state index in [-0.39, 0.29) is 5.41 Å². The third-order valence-corrected chi connectivity index (χ3v) is 3.90. The van der Waals surface area contributed by atoms with Crippen LogP contribution < -0.4 is 0 Å². The molecule has 0 aromatic heterocycles. The second kappa shape index (κ2) is 6.29. The fourth-order valence-electron chi connectivity index (χ4n) is 2.33. The number of carbonyl (C=O) groups is 2. The predicted octanol–water partition coefficient (Wildman–Crippen LogP) is 3.15. The second-order valence-electron chi connectivity index (χ2n) is 6.50. The Morgan fingerprint density at radius 1 is 1.14 bits per heavy atom. The van der Waals surface area contributed by atoms with E-state index < -0.39 is 11.5 Å². The van der Waals surface area contributed by atoms with Gasteiger partial charge in [0.25, 0.3) is 0 Å². The van der Waals surface area contributed by atoms with Crippen molar-refractivity contribution in [3.63, 3.8) is 0 Å². The van der Waals surface area contributed by atoms with Crippen LogP contribution in [-0.2, 0) is 20.5 Å². The molecule has 0 aliphatic carbocycles. The van der Waals surface area contributed by atoms with E-state index in [2.05, 4.69) is 20.8 Å². The Morgan fingerprint density at radius 2 is 1.62 bits per heavy atom. The molecule has 1 unspecified atom stereocenters. The molecular weight excluding hydrogens is 266 g/mol. The molecule has 4 nitrogen and oxygen atoms in total. The molecule has 0 aliphatic heterocycles. The van der Waals surface area contributed by atoms with Crippen LogP contribution in [0.3, 0.4) is 0 Å². The maximum absolute atomic E-state index is 11.8. The third kappa shape index (κ3) is 3.43. The number of hydrogen-bond donors (Lipinski definition) is 1. The third-order valence-electron chi connectivity index (χ3n) is 3.90. The zero-order valence-electron chi connectivity index (χ0n) is 13.5. The molecule has 1 aromatic rings. The predicted molar refractivity (Wildman–Crippen MR) is 83.2 cm³/mol. The topological polar surface area (TPSA) is 57.6 Å². The number of hydrogen-bond acceptors (Lipinski definition) is 2. The van der Waals surface area contributed by atoms with Crippen molar-refractivity contribution in [2.24, 2.45) is 0 Å². The quantitative estimate of drug-likeness (QED) is 0.819. The number of carboxylic acids is 1. The van der Waals surface area contributed by atoms with Gasteiger partial charge in [-0.1, -0.05) is 52.0 Å². The molecule has 1 rings (SSSR count). The number of carbonyl (C=O) groups excluding carboxylic acids is 1. The van der Waals surface area contributed by atoms with Gasteiger partial charge in [-0.25, -0.2) is 4.79 Å². The van der Waals surface area contributed by atoms with Gasteiger partial charge in [-0.15, -0.1) is 0 Å². The summed E-state index contributed by atoms with van der Waals surface area (Å²) in [4.78, 5) is 24.4. The van der Waals surface area contributed by atoms with E-state index in [9.17, 15) is 14.7 Å². The van der Waals surface area contributed by atoms with Crippen molar-refractivity contribution < 1.29 is 14.7 Å². The standard InChI is InChI=1S/C17H25NO3/c1-6-11-18(12-19)17(5,15(20)21)14-9-7-13(8-10-14)16(2,3)4/h7-10,12H,6,11H2,1-5H3,(H,20,21). The summed E-state index contributed by atoms with van der Waals surface area (Å²) in [6, 6.07) is 7.48. The minimum atomic E-state index is -1.34. The fraction of sp³-hybridized carbons (Fsp3) is 0.529. The number of amides is 1. The van der Waals surface area contributed by atoms with Crippen LogP contribution in [-0.4, -0.2) is 28.9 Å². The summed E-state index contributed by atoms with van der Waals surface area (Å²) < 4.78 is 0. The zero-order valence-corrected chi connectivity index (χ0v) is 13.5. The molecule has 1 N–H and O–H groups in total. The Bertz CT molecular complexity index is 502. The minimum Gasteiger partial charge on any atom is -0.479 e. The molecule has 21 heavy (non-hydrogen) atoms. The van der Waals surface area contributed by atoms with E-state index in [4.69, 9.17) is 0 Å². The van der Waals surface area contributed by atoms with Gasteiger partial charge in [0.2, 0.25) is 6.41 Å². The lowest BCUT2D eigenvalue weighted by atomic mass is 9.83. The van der Waals surface area contributed by atoms with Gasteiger partial charge in [0, 0.05) is 6.54 Å². The normalized spacial score (nSPS) is 14.3. The summed E-state index contributed by atoms with van der Waals surface area (Å²) in [6.45, 7) is 10.2. The first-order chi connectivity index (χ1) is 9.67. The molecule has 116 valence electrons. The van der Waals surface area contributed by atoms with Gasteiger partial charge >= 0.3 is 5.97 Å². The van der Waals surface area contributed by atoms with Crippen LogP contribution in [0.25, 0.3) is 0 Å². The molecular formula is C17H25NO3. The van der Waals surface area contributed by atoms with E-state index in [1.807, 2.05) is 19.1 Å². The zero-order chi connectivity index (χ0) is 16.3. The van der Waals surface area contributed by atoms with Crippen LogP contribution in [0.1, 0.15) is 52.2 Å². The first-order valence-electron chi connectivity index (χ1n) is 7.24. The molecule has 0 saturated heterocycles. The average Bonchev–Trinajstić information content (AvgIpc) is 2.43. The van der Waals surface area contributed by atoms with Gasteiger partial charge < -0.3 is 10.0 Å². The lowest BCUT2D eigenvalue weighted by molar-refractivity contribution is -0.154. The van der Waals surface area contributed by atoms with Gasteiger partial charge in [0.15, 0.2) is 5.54 Å². The lowest BCUT2D eigenvalue weighted by Gasteiger charge is -2.35. The Hall–Kier alpha value is -1.84. The first-order valence-corrected chi connectivity index (χ1v) is 7.24. The maximum atomic E-state index is 11.8. The molecule has 0 radical (unpaired) electrons. The molecule has 0 fully saturated rings. The SMILES string of the molecule is CCCN(C=O)C(C)(C(=O)O)c1ccc(C(C)(C)C)cc1. The van der Waals surface area contributed by atoms with Gasteiger partial charge in [-0.2, -0.15) is 0 Å². The van der Waals surface area contributed by atoms with Crippen LogP contribution >= 0.6 is 0 Å². The molecule has 0 aliphatic rings. The molecule has 0 spiro atoms. The van der Waals surface area contributed by atoms with E-state index in [1.54, 1.807) is 19.1 Å². The van der Waals surface area contributed by atoms with Crippen molar-refractivity contribution in [1.82, 2.24) is 4.90 Å². The maximum Gasteiger partial charge on any atom is 0.334 e. The minimum absolute atomic E-state index is 0.00587. The van der Waals surface area contributed by atoms with Gasteiger partial charge in [0.05, 0.1) is 0 Å². The molecule has 0 bridgehead atoms. The van der Waals surface area contributed by atoms with Crippen LogP contribution in [0.4, 0.5) is 0 Å². The van der Waals surface area contributed by atoms with E-state index in [1.165, 1.54) is 4.90 Å². The van der Waals surface area contributed by atoms with Gasteiger partial charge in [0.1, 0.15) is 0 Å². The largest absolute Gasteiger partial charge is 0.479 e. The number of nitrogens with zero attached hydrogens (tertiary/aromatic N) is 1. The van der Waals surface area contributed by atoms with Crippen LogP contribution in [0.5, 0.6) is 0 Å². The summed E-state index contributed by atoms with van der Waals surface area (Å²) in [5, 5.41) is 9.64.